The van der Waals surface area contributed by atoms with E-state index in [2.05, 4.69) is 164 Å². The molecule has 11 rings (SSSR count). The Morgan fingerprint density at radius 3 is 1.27 bits per heavy atom. The minimum atomic E-state index is 0.910. The summed E-state index contributed by atoms with van der Waals surface area (Å²) in [6, 6.07) is 62.2. The van der Waals surface area contributed by atoms with Crippen LogP contribution in [0.5, 0.6) is 0 Å². The maximum absolute atomic E-state index is 6.67. The fraction of sp³-hybridized carbons (Fsp3) is 0. The highest BCUT2D eigenvalue weighted by Crippen LogP contribution is 2.53. The molecule has 1 aliphatic carbocycles. The molecular formula is C48H28O. The van der Waals surface area contributed by atoms with Gasteiger partial charge in [0.25, 0.3) is 0 Å². The van der Waals surface area contributed by atoms with Crippen molar-refractivity contribution in [3.05, 3.63) is 170 Å². The van der Waals surface area contributed by atoms with Gasteiger partial charge in [0.1, 0.15) is 11.2 Å². The molecule has 0 saturated heterocycles. The third kappa shape index (κ3) is 3.70. The van der Waals surface area contributed by atoms with Gasteiger partial charge in [0.15, 0.2) is 0 Å². The molecule has 226 valence electrons. The molecule has 1 aromatic heterocycles. The number of rotatable bonds is 1. The van der Waals surface area contributed by atoms with Crippen LogP contribution in [-0.4, -0.2) is 0 Å². The Morgan fingerprint density at radius 2 is 0.633 bits per heavy atom. The van der Waals surface area contributed by atoms with Gasteiger partial charge < -0.3 is 4.42 Å². The number of fused-ring (bicyclic) bond motifs is 17. The highest BCUT2D eigenvalue weighted by atomic mass is 16.3. The van der Waals surface area contributed by atoms with Gasteiger partial charge in [-0.2, -0.15) is 0 Å². The minimum Gasteiger partial charge on any atom is -0.455 e. The third-order valence-electron chi connectivity index (χ3n) is 10.6. The summed E-state index contributed by atoms with van der Waals surface area (Å²) in [7, 11) is 0. The van der Waals surface area contributed by atoms with Gasteiger partial charge in [-0.25, -0.2) is 0 Å². The minimum absolute atomic E-state index is 0.910. The lowest BCUT2D eigenvalue weighted by atomic mass is 9.77. The number of furan rings is 1. The van der Waals surface area contributed by atoms with Crippen molar-refractivity contribution in [1.82, 2.24) is 0 Å². The van der Waals surface area contributed by atoms with Crippen molar-refractivity contribution >= 4 is 54.3 Å². The van der Waals surface area contributed by atoms with Crippen molar-refractivity contribution in [3.63, 3.8) is 0 Å². The maximum Gasteiger partial charge on any atom is 0.143 e. The van der Waals surface area contributed by atoms with Crippen LogP contribution < -0.4 is 0 Å². The zero-order chi connectivity index (χ0) is 32.1. The van der Waals surface area contributed by atoms with Crippen molar-refractivity contribution in [2.45, 2.75) is 0 Å². The first-order valence-electron chi connectivity index (χ1n) is 16.9. The number of benzene rings is 9. The van der Waals surface area contributed by atoms with Gasteiger partial charge in [0.05, 0.1) is 0 Å². The molecule has 49 heavy (non-hydrogen) atoms. The molecule has 0 N–H and O–H groups in total. The van der Waals surface area contributed by atoms with E-state index < -0.39 is 0 Å². The lowest BCUT2D eigenvalue weighted by Gasteiger charge is -2.26. The van der Waals surface area contributed by atoms with Gasteiger partial charge >= 0.3 is 0 Å². The molecule has 9 aromatic carbocycles. The Morgan fingerprint density at radius 1 is 0.245 bits per heavy atom. The molecule has 0 saturated carbocycles. The standard InChI is InChI=1S/C48H28O/c1-5-17-33-29(13-1)30-14-4-8-20-36(30)44-27-42-34-18-6-2-15-31(34)32-16-3-7-19-35(32)43(42)28-45(44)47-38(33)22-11-23-39(47)41-25-12-24-40-37-21-9-10-26-46(37)49-48(40)41/h1-28H. The Kier molecular flexibility index (Phi) is 5.45. The molecular weight excluding hydrogens is 593 g/mol. The summed E-state index contributed by atoms with van der Waals surface area (Å²) in [5, 5.41) is 9.93. The Bertz CT molecular complexity index is 2990. The van der Waals surface area contributed by atoms with Crippen LogP contribution in [0.25, 0.3) is 110 Å². The zero-order valence-electron chi connectivity index (χ0n) is 26.6. The van der Waals surface area contributed by atoms with Crippen molar-refractivity contribution in [1.29, 1.82) is 0 Å². The first-order valence-corrected chi connectivity index (χ1v) is 16.9. The second-order valence-corrected chi connectivity index (χ2v) is 13.1. The topological polar surface area (TPSA) is 13.1 Å². The molecule has 1 aliphatic rings. The first-order chi connectivity index (χ1) is 24.3. The zero-order valence-corrected chi connectivity index (χ0v) is 26.6. The number of para-hydroxylation sites is 2. The Labute approximate surface area is 283 Å². The van der Waals surface area contributed by atoms with Gasteiger partial charge in [-0.1, -0.05) is 152 Å². The Balaban J connectivity index is 1.36. The summed E-state index contributed by atoms with van der Waals surface area (Å²) in [6.07, 6.45) is 0. The van der Waals surface area contributed by atoms with Crippen LogP contribution in [-0.2, 0) is 0 Å². The van der Waals surface area contributed by atoms with Crippen LogP contribution >= 0.6 is 0 Å². The highest BCUT2D eigenvalue weighted by molar-refractivity contribution is 6.27. The van der Waals surface area contributed by atoms with Gasteiger partial charge in [-0.15, -0.1) is 0 Å². The van der Waals surface area contributed by atoms with Gasteiger partial charge in [0.2, 0.25) is 0 Å². The normalized spacial score (nSPS) is 12.1. The van der Waals surface area contributed by atoms with E-state index in [1.165, 1.54) is 82.4 Å². The molecule has 0 amide bonds. The second-order valence-electron chi connectivity index (χ2n) is 13.1. The molecule has 0 aliphatic heterocycles. The van der Waals surface area contributed by atoms with Gasteiger partial charge in [0, 0.05) is 16.3 Å². The summed E-state index contributed by atoms with van der Waals surface area (Å²) < 4.78 is 6.67. The molecule has 0 spiro atoms. The SMILES string of the molecule is c1ccc2c(c1)-c1ccccc1-c1cccc(-c3cccc4c3oc3ccccc34)c1-c1cc3c4ccccc4c4ccccc4c3cc1-2. The summed E-state index contributed by atoms with van der Waals surface area (Å²) in [4.78, 5) is 0. The van der Waals surface area contributed by atoms with Crippen molar-refractivity contribution in [3.8, 4) is 55.6 Å². The van der Waals surface area contributed by atoms with Gasteiger partial charge in [-0.05, 0) is 101 Å². The van der Waals surface area contributed by atoms with Crippen LogP contribution in [0.3, 0.4) is 0 Å². The van der Waals surface area contributed by atoms with Crippen LogP contribution in [0.2, 0.25) is 0 Å². The molecule has 10 aromatic rings. The summed E-state index contributed by atoms with van der Waals surface area (Å²) in [5.41, 5.74) is 14.0. The molecule has 0 fully saturated rings. The third-order valence-corrected chi connectivity index (χ3v) is 10.6. The van der Waals surface area contributed by atoms with Gasteiger partial charge in [-0.3, -0.25) is 0 Å². The summed E-state index contributed by atoms with van der Waals surface area (Å²) in [6.45, 7) is 0. The monoisotopic (exact) mass is 620 g/mol. The maximum atomic E-state index is 6.67. The summed E-state index contributed by atoms with van der Waals surface area (Å²) >= 11 is 0. The predicted molar refractivity (Wildman–Crippen MR) is 207 cm³/mol. The lowest BCUT2D eigenvalue weighted by molar-refractivity contribution is 0.670. The quantitative estimate of drug-likeness (QED) is 0.166. The Hall–Kier alpha value is -6.44. The largest absolute Gasteiger partial charge is 0.455 e. The van der Waals surface area contributed by atoms with E-state index in [0.29, 0.717) is 0 Å². The van der Waals surface area contributed by atoms with Crippen LogP contribution in [0.15, 0.2) is 174 Å². The molecule has 1 heterocycles. The summed E-state index contributed by atoms with van der Waals surface area (Å²) in [5.74, 6) is 0. The van der Waals surface area contributed by atoms with E-state index in [9.17, 15) is 0 Å². The van der Waals surface area contributed by atoms with Crippen molar-refractivity contribution < 1.29 is 4.42 Å². The lowest BCUT2D eigenvalue weighted by Crippen LogP contribution is -1.99. The van der Waals surface area contributed by atoms with E-state index in [1.54, 1.807) is 0 Å². The van der Waals surface area contributed by atoms with Crippen LogP contribution in [0.1, 0.15) is 0 Å². The fourth-order valence-electron chi connectivity index (χ4n) is 8.54. The van der Waals surface area contributed by atoms with Crippen molar-refractivity contribution in [2.24, 2.45) is 0 Å². The average molecular weight is 621 g/mol. The fourth-order valence-corrected chi connectivity index (χ4v) is 8.54. The molecule has 0 unspecified atom stereocenters. The molecule has 0 atom stereocenters. The van der Waals surface area contributed by atoms with E-state index in [4.69, 9.17) is 4.42 Å². The van der Waals surface area contributed by atoms with E-state index in [1.807, 2.05) is 6.07 Å². The van der Waals surface area contributed by atoms with E-state index in [0.717, 1.165) is 27.5 Å². The smallest absolute Gasteiger partial charge is 0.143 e. The molecule has 0 bridgehead atoms. The van der Waals surface area contributed by atoms with E-state index in [-0.39, 0.29) is 0 Å². The van der Waals surface area contributed by atoms with E-state index >= 15 is 0 Å². The molecule has 1 heteroatoms. The second kappa shape index (κ2) is 10.0. The predicted octanol–water partition coefficient (Wildman–Crippen LogP) is 13.7. The first kappa shape index (κ1) is 26.6. The van der Waals surface area contributed by atoms with Crippen molar-refractivity contribution in [2.75, 3.05) is 0 Å². The van der Waals surface area contributed by atoms with Crippen LogP contribution in [0.4, 0.5) is 0 Å². The van der Waals surface area contributed by atoms with Crippen LogP contribution in [0, 0.1) is 0 Å². The highest BCUT2D eigenvalue weighted by Gasteiger charge is 2.26. The average Bonchev–Trinajstić information content (AvgIpc) is 3.56. The number of hydrogen-bond donors (Lipinski definition) is 0. The number of hydrogen-bond acceptors (Lipinski definition) is 1. The molecule has 0 radical (unpaired) electrons. The molecule has 1 nitrogen and oxygen atoms in total.